The number of anilines is 3. The molecule has 0 spiro atoms. The SMILES string of the molecule is CCC(Sc1cccc(NC(=O)CC(C)(C)C)c1)C(=O)N1c2ccccc2Sc2ccccc21. The van der Waals surface area contributed by atoms with Crippen LogP contribution in [0.25, 0.3) is 0 Å². The van der Waals surface area contributed by atoms with Crippen LogP contribution in [0.15, 0.2) is 87.5 Å². The Morgan fingerprint density at radius 3 is 2.15 bits per heavy atom. The predicted molar refractivity (Wildman–Crippen MR) is 143 cm³/mol. The number of hydrogen-bond acceptors (Lipinski definition) is 4. The van der Waals surface area contributed by atoms with Gasteiger partial charge in [-0.1, -0.05) is 69.8 Å². The van der Waals surface area contributed by atoms with Crippen LogP contribution in [0.5, 0.6) is 0 Å². The van der Waals surface area contributed by atoms with Crippen molar-refractivity contribution < 1.29 is 9.59 Å². The van der Waals surface area contributed by atoms with Gasteiger partial charge in [0.25, 0.3) is 0 Å². The lowest BCUT2D eigenvalue weighted by molar-refractivity contribution is -0.118. The number of hydrogen-bond donors (Lipinski definition) is 1. The van der Waals surface area contributed by atoms with Crippen molar-refractivity contribution in [2.45, 2.75) is 60.5 Å². The van der Waals surface area contributed by atoms with Crippen LogP contribution in [-0.4, -0.2) is 17.1 Å². The van der Waals surface area contributed by atoms with E-state index < -0.39 is 0 Å². The number of fused-ring (bicyclic) bond motifs is 2. The van der Waals surface area contributed by atoms with E-state index >= 15 is 0 Å². The third-order valence-electron chi connectivity index (χ3n) is 5.39. The number of nitrogens with zero attached hydrogens (tertiary/aromatic N) is 1. The molecule has 0 radical (unpaired) electrons. The standard InChI is InChI=1S/C28H30N2O2S2/c1-5-23(33-20-12-10-11-19(17-20)29-26(31)18-28(2,3)4)27(32)30-21-13-6-8-15-24(21)34-25-16-9-7-14-22(25)30/h6-17,23H,5,18H2,1-4H3,(H,29,31). The number of benzene rings is 3. The quantitative estimate of drug-likeness (QED) is 0.359. The Bertz CT molecular complexity index is 1160. The van der Waals surface area contributed by atoms with Gasteiger partial charge in [-0.2, -0.15) is 0 Å². The maximum Gasteiger partial charge on any atom is 0.245 e. The van der Waals surface area contributed by atoms with Crippen LogP contribution in [0.4, 0.5) is 17.1 Å². The fraction of sp³-hybridized carbons (Fsp3) is 0.286. The van der Waals surface area contributed by atoms with Crippen molar-refractivity contribution >= 4 is 52.4 Å². The molecule has 1 unspecified atom stereocenters. The number of para-hydroxylation sites is 2. The van der Waals surface area contributed by atoms with E-state index in [0.717, 1.165) is 31.7 Å². The van der Waals surface area contributed by atoms with Gasteiger partial charge in [-0.25, -0.2) is 0 Å². The van der Waals surface area contributed by atoms with Crippen LogP contribution in [0.1, 0.15) is 40.5 Å². The largest absolute Gasteiger partial charge is 0.326 e. The molecule has 6 heteroatoms. The van der Waals surface area contributed by atoms with E-state index in [-0.39, 0.29) is 22.5 Å². The molecular formula is C28H30N2O2S2. The van der Waals surface area contributed by atoms with Crippen molar-refractivity contribution in [3.8, 4) is 0 Å². The summed E-state index contributed by atoms with van der Waals surface area (Å²) in [6, 6.07) is 23.9. The van der Waals surface area contributed by atoms with E-state index in [1.807, 2.05) is 93.3 Å². The molecule has 0 saturated heterocycles. The molecular weight excluding hydrogens is 460 g/mol. The van der Waals surface area contributed by atoms with Gasteiger partial charge in [0.1, 0.15) is 0 Å². The summed E-state index contributed by atoms with van der Waals surface area (Å²) in [5, 5.41) is 2.74. The van der Waals surface area contributed by atoms with Crippen molar-refractivity contribution in [2.24, 2.45) is 5.41 Å². The van der Waals surface area contributed by atoms with E-state index in [4.69, 9.17) is 0 Å². The zero-order chi connectivity index (χ0) is 24.3. The van der Waals surface area contributed by atoms with E-state index in [1.54, 1.807) is 23.5 Å². The molecule has 0 saturated carbocycles. The van der Waals surface area contributed by atoms with Crippen LogP contribution in [0.3, 0.4) is 0 Å². The smallest absolute Gasteiger partial charge is 0.245 e. The number of carbonyl (C=O) groups excluding carboxylic acids is 2. The Morgan fingerprint density at radius 2 is 1.56 bits per heavy atom. The number of nitrogens with one attached hydrogen (secondary N) is 1. The van der Waals surface area contributed by atoms with Gasteiger partial charge in [0.05, 0.1) is 16.6 Å². The average molecular weight is 491 g/mol. The lowest BCUT2D eigenvalue weighted by atomic mass is 9.92. The zero-order valence-electron chi connectivity index (χ0n) is 20.0. The van der Waals surface area contributed by atoms with E-state index in [1.165, 1.54) is 0 Å². The number of amides is 2. The highest BCUT2D eigenvalue weighted by Crippen LogP contribution is 2.48. The van der Waals surface area contributed by atoms with Crippen molar-refractivity contribution in [2.75, 3.05) is 10.2 Å². The van der Waals surface area contributed by atoms with Gasteiger partial charge < -0.3 is 5.32 Å². The Balaban J connectivity index is 1.57. The summed E-state index contributed by atoms with van der Waals surface area (Å²) < 4.78 is 0. The summed E-state index contributed by atoms with van der Waals surface area (Å²) in [6.45, 7) is 8.18. The van der Waals surface area contributed by atoms with E-state index in [9.17, 15) is 9.59 Å². The number of thioether (sulfide) groups is 1. The van der Waals surface area contributed by atoms with Crippen molar-refractivity contribution in [3.63, 3.8) is 0 Å². The molecule has 1 aliphatic rings. The van der Waals surface area contributed by atoms with Crippen LogP contribution in [0, 0.1) is 5.41 Å². The lowest BCUT2D eigenvalue weighted by Gasteiger charge is -2.33. The van der Waals surface area contributed by atoms with Gasteiger partial charge in [-0.15, -0.1) is 11.8 Å². The predicted octanol–water partition coefficient (Wildman–Crippen LogP) is 7.76. The van der Waals surface area contributed by atoms with Gasteiger partial charge in [-0.05, 0) is 54.3 Å². The van der Waals surface area contributed by atoms with E-state index in [0.29, 0.717) is 12.8 Å². The first-order chi connectivity index (χ1) is 16.2. The summed E-state index contributed by atoms with van der Waals surface area (Å²) in [5.74, 6) is 0.0617. The molecule has 4 rings (SSSR count). The third kappa shape index (κ3) is 5.68. The Kier molecular flexibility index (Phi) is 7.39. The molecule has 0 bridgehead atoms. The first-order valence-corrected chi connectivity index (χ1v) is 13.2. The van der Waals surface area contributed by atoms with Gasteiger partial charge in [-0.3, -0.25) is 14.5 Å². The fourth-order valence-electron chi connectivity index (χ4n) is 3.89. The van der Waals surface area contributed by atoms with Crippen LogP contribution in [-0.2, 0) is 9.59 Å². The second kappa shape index (κ2) is 10.3. The second-order valence-electron chi connectivity index (χ2n) is 9.54. The summed E-state index contributed by atoms with van der Waals surface area (Å²) >= 11 is 3.24. The Hall–Kier alpha value is -2.70. The van der Waals surface area contributed by atoms with Gasteiger partial charge in [0, 0.05) is 26.8 Å². The monoisotopic (exact) mass is 490 g/mol. The van der Waals surface area contributed by atoms with Crippen LogP contribution < -0.4 is 10.2 Å². The molecule has 176 valence electrons. The molecule has 0 aliphatic carbocycles. The molecule has 1 heterocycles. The molecule has 2 amide bonds. The molecule has 0 fully saturated rings. The lowest BCUT2D eigenvalue weighted by Crippen LogP contribution is -2.35. The molecule has 34 heavy (non-hydrogen) atoms. The number of carbonyl (C=O) groups is 2. The zero-order valence-corrected chi connectivity index (χ0v) is 21.6. The molecule has 4 nitrogen and oxygen atoms in total. The van der Waals surface area contributed by atoms with E-state index in [2.05, 4.69) is 17.4 Å². The minimum Gasteiger partial charge on any atom is -0.326 e. The maximum absolute atomic E-state index is 13.9. The maximum atomic E-state index is 13.9. The molecule has 3 aromatic rings. The third-order valence-corrected chi connectivity index (χ3v) is 7.86. The van der Waals surface area contributed by atoms with Crippen molar-refractivity contribution in [1.29, 1.82) is 0 Å². The molecule has 1 atom stereocenters. The number of rotatable bonds is 6. The topological polar surface area (TPSA) is 49.4 Å². The Morgan fingerprint density at radius 1 is 0.941 bits per heavy atom. The fourth-order valence-corrected chi connectivity index (χ4v) is 6.00. The van der Waals surface area contributed by atoms with Gasteiger partial charge >= 0.3 is 0 Å². The molecule has 1 aliphatic heterocycles. The molecule has 3 aromatic carbocycles. The summed E-state index contributed by atoms with van der Waals surface area (Å²) in [5.41, 5.74) is 2.54. The minimum absolute atomic E-state index is 0.00296. The molecule has 1 N–H and O–H groups in total. The van der Waals surface area contributed by atoms with Crippen LogP contribution >= 0.6 is 23.5 Å². The highest BCUT2D eigenvalue weighted by atomic mass is 32.2. The normalized spacial score (nSPS) is 13.6. The summed E-state index contributed by atoms with van der Waals surface area (Å²) in [4.78, 5) is 31.3. The highest BCUT2D eigenvalue weighted by Gasteiger charge is 2.32. The molecule has 0 aromatic heterocycles. The average Bonchev–Trinajstić information content (AvgIpc) is 2.79. The van der Waals surface area contributed by atoms with Crippen molar-refractivity contribution in [1.82, 2.24) is 0 Å². The van der Waals surface area contributed by atoms with Crippen LogP contribution in [0.2, 0.25) is 0 Å². The first kappa shape index (κ1) is 24.4. The summed E-state index contributed by atoms with van der Waals surface area (Å²) in [7, 11) is 0. The van der Waals surface area contributed by atoms with Gasteiger partial charge in [0.15, 0.2) is 0 Å². The minimum atomic E-state index is -0.260. The highest BCUT2D eigenvalue weighted by molar-refractivity contribution is 8.00. The first-order valence-electron chi connectivity index (χ1n) is 11.5. The second-order valence-corrected chi connectivity index (χ2v) is 11.9. The van der Waals surface area contributed by atoms with Crippen molar-refractivity contribution in [3.05, 3.63) is 72.8 Å². The summed E-state index contributed by atoms with van der Waals surface area (Å²) in [6.07, 6.45) is 1.14. The van der Waals surface area contributed by atoms with Gasteiger partial charge in [0.2, 0.25) is 11.8 Å². The Labute approximate surface area is 210 Å².